The number of nitrogens with one attached hydrogen (secondary N) is 1. The number of hydrogen-bond donors (Lipinski definition) is 1. The molecule has 1 aromatic rings. The number of amides is 1. The van der Waals surface area contributed by atoms with Gasteiger partial charge in [0.05, 0.1) is 18.6 Å². The zero-order valence-corrected chi connectivity index (χ0v) is 10.2. The largest absolute Gasteiger partial charge is 0.493 e. The smallest absolute Gasteiger partial charge is 0.224 e. The highest BCUT2D eigenvalue weighted by atomic mass is 16.5. The van der Waals surface area contributed by atoms with Gasteiger partial charge in [-0.1, -0.05) is 24.1 Å². The molecule has 1 rings (SSSR count). The van der Waals surface area contributed by atoms with E-state index in [1.54, 1.807) is 13.8 Å². The lowest BCUT2D eigenvalue weighted by Gasteiger charge is -2.19. The molecule has 0 heterocycles. The predicted octanol–water partition coefficient (Wildman–Crippen LogP) is 1.98. The van der Waals surface area contributed by atoms with E-state index in [4.69, 9.17) is 11.2 Å². The molecule has 3 heteroatoms. The molecule has 0 fully saturated rings. The molecule has 0 bridgehead atoms. The second-order valence-electron chi connectivity index (χ2n) is 4.23. The molecule has 1 N–H and O–H groups in total. The molecule has 0 spiro atoms. The summed E-state index contributed by atoms with van der Waals surface area (Å²) in [5.74, 6) is 3.16. The Kier molecular flexibility index (Phi) is 4.59. The Morgan fingerprint density at radius 2 is 2.06 bits per heavy atom. The minimum atomic E-state index is -0.607. The number of para-hydroxylation sites is 1. The molecule has 0 aromatic heterocycles. The minimum Gasteiger partial charge on any atom is -0.493 e. The van der Waals surface area contributed by atoms with Crippen molar-refractivity contribution in [1.29, 1.82) is 0 Å². The molecule has 0 aliphatic heterocycles. The third-order valence-electron chi connectivity index (χ3n) is 2.15. The van der Waals surface area contributed by atoms with E-state index in [1.165, 1.54) is 0 Å². The van der Waals surface area contributed by atoms with Crippen molar-refractivity contribution in [3.8, 4) is 18.1 Å². The number of carbonyl (C=O) groups is 1. The van der Waals surface area contributed by atoms with Crippen LogP contribution in [0.1, 0.15) is 20.3 Å². The molecular weight excluding hydrogens is 214 g/mol. The van der Waals surface area contributed by atoms with Crippen molar-refractivity contribution >= 4 is 5.91 Å². The molecule has 1 aromatic carbocycles. The zero-order chi connectivity index (χ0) is 12.7. The number of ether oxygens (including phenoxy) is 1. The van der Waals surface area contributed by atoms with Gasteiger partial charge in [0.15, 0.2) is 0 Å². The van der Waals surface area contributed by atoms with Gasteiger partial charge < -0.3 is 10.1 Å². The highest BCUT2D eigenvalue weighted by molar-refractivity contribution is 5.77. The molecule has 17 heavy (non-hydrogen) atoms. The summed E-state index contributed by atoms with van der Waals surface area (Å²) in [5.41, 5.74) is -0.607. The van der Waals surface area contributed by atoms with E-state index >= 15 is 0 Å². The highest BCUT2D eigenvalue weighted by Crippen LogP contribution is 2.08. The summed E-state index contributed by atoms with van der Waals surface area (Å²) in [6.07, 6.45) is 5.57. The van der Waals surface area contributed by atoms with E-state index in [0.29, 0.717) is 13.0 Å². The van der Waals surface area contributed by atoms with Gasteiger partial charge in [-0.3, -0.25) is 4.79 Å². The molecule has 0 radical (unpaired) electrons. The Morgan fingerprint density at radius 3 is 2.65 bits per heavy atom. The van der Waals surface area contributed by atoms with Gasteiger partial charge in [0.1, 0.15) is 5.75 Å². The Morgan fingerprint density at radius 1 is 1.41 bits per heavy atom. The van der Waals surface area contributed by atoms with Crippen molar-refractivity contribution < 1.29 is 9.53 Å². The summed E-state index contributed by atoms with van der Waals surface area (Å²) in [7, 11) is 0. The lowest BCUT2D eigenvalue weighted by Crippen LogP contribution is -2.42. The van der Waals surface area contributed by atoms with Gasteiger partial charge in [-0.25, -0.2) is 0 Å². The topological polar surface area (TPSA) is 38.3 Å². The maximum absolute atomic E-state index is 11.5. The van der Waals surface area contributed by atoms with Crippen LogP contribution in [0.2, 0.25) is 0 Å². The monoisotopic (exact) mass is 231 g/mol. The first kappa shape index (κ1) is 13.1. The average Bonchev–Trinajstić information content (AvgIpc) is 2.30. The Hall–Kier alpha value is -1.95. The summed E-state index contributed by atoms with van der Waals surface area (Å²) in [5, 5.41) is 2.74. The molecule has 0 saturated heterocycles. The second kappa shape index (κ2) is 5.95. The lowest BCUT2D eigenvalue weighted by molar-refractivity contribution is -0.122. The van der Waals surface area contributed by atoms with Crippen LogP contribution in [0, 0.1) is 12.3 Å². The number of carbonyl (C=O) groups excluding carboxylic acids is 1. The molecule has 0 aliphatic rings. The van der Waals surface area contributed by atoms with Gasteiger partial charge in [0.25, 0.3) is 0 Å². The van der Waals surface area contributed by atoms with Gasteiger partial charge in [-0.2, -0.15) is 0 Å². The molecule has 3 nitrogen and oxygen atoms in total. The van der Waals surface area contributed by atoms with Crippen LogP contribution >= 0.6 is 0 Å². The van der Waals surface area contributed by atoms with Crippen molar-refractivity contribution in [1.82, 2.24) is 5.32 Å². The molecule has 1 amide bonds. The van der Waals surface area contributed by atoms with Crippen LogP contribution in [0.5, 0.6) is 5.75 Å². The van der Waals surface area contributed by atoms with E-state index in [2.05, 4.69) is 11.2 Å². The molecule has 0 unspecified atom stereocenters. The quantitative estimate of drug-likeness (QED) is 0.787. The van der Waals surface area contributed by atoms with Crippen molar-refractivity contribution in [3.63, 3.8) is 0 Å². The number of rotatable bonds is 5. The zero-order valence-electron chi connectivity index (χ0n) is 10.2. The third-order valence-corrected chi connectivity index (χ3v) is 2.15. The molecule has 90 valence electrons. The highest BCUT2D eigenvalue weighted by Gasteiger charge is 2.16. The Balaban J connectivity index is 2.28. The second-order valence-corrected chi connectivity index (χ2v) is 4.23. The molecule has 0 saturated carbocycles. The first-order chi connectivity index (χ1) is 8.03. The fourth-order valence-corrected chi connectivity index (χ4v) is 1.23. The summed E-state index contributed by atoms with van der Waals surface area (Å²) in [4.78, 5) is 11.5. The fraction of sp³-hybridized carbons (Fsp3) is 0.357. The van der Waals surface area contributed by atoms with E-state index in [1.807, 2.05) is 30.3 Å². The van der Waals surface area contributed by atoms with Crippen LogP contribution in [-0.2, 0) is 4.79 Å². The van der Waals surface area contributed by atoms with Crippen molar-refractivity contribution in [2.24, 2.45) is 0 Å². The number of benzene rings is 1. The summed E-state index contributed by atoms with van der Waals surface area (Å²) in [6.45, 7) is 3.91. The van der Waals surface area contributed by atoms with E-state index in [9.17, 15) is 4.79 Å². The number of hydrogen-bond acceptors (Lipinski definition) is 2. The summed E-state index contributed by atoms with van der Waals surface area (Å²) >= 11 is 0. The standard InChI is InChI=1S/C14H17NO2/c1-4-14(2,3)15-13(16)10-11-17-12-8-6-5-7-9-12/h1,5-9H,10-11H2,2-3H3,(H,15,16). The van der Waals surface area contributed by atoms with Crippen molar-refractivity contribution in [3.05, 3.63) is 30.3 Å². The van der Waals surface area contributed by atoms with E-state index in [-0.39, 0.29) is 5.91 Å². The van der Waals surface area contributed by atoms with Crippen LogP contribution < -0.4 is 10.1 Å². The molecule has 0 atom stereocenters. The van der Waals surface area contributed by atoms with Crippen molar-refractivity contribution in [2.45, 2.75) is 25.8 Å². The van der Waals surface area contributed by atoms with E-state index < -0.39 is 5.54 Å². The normalized spacial score (nSPS) is 10.4. The van der Waals surface area contributed by atoms with Gasteiger partial charge in [0, 0.05) is 0 Å². The van der Waals surface area contributed by atoms with Gasteiger partial charge in [-0.15, -0.1) is 6.42 Å². The molecular formula is C14H17NO2. The van der Waals surface area contributed by atoms with Gasteiger partial charge in [-0.05, 0) is 26.0 Å². The average molecular weight is 231 g/mol. The van der Waals surface area contributed by atoms with Crippen LogP contribution in [0.3, 0.4) is 0 Å². The predicted molar refractivity (Wildman–Crippen MR) is 67.6 cm³/mol. The van der Waals surface area contributed by atoms with E-state index in [0.717, 1.165) is 5.75 Å². The maximum atomic E-state index is 11.5. The Labute approximate surface area is 102 Å². The number of terminal acetylenes is 1. The fourth-order valence-electron chi connectivity index (χ4n) is 1.23. The first-order valence-corrected chi connectivity index (χ1v) is 5.50. The minimum absolute atomic E-state index is 0.108. The maximum Gasteiger partial charge on any atom is 0.224 e. The van der Waals surface area contributed by atoms with Crippen molar-refractivity contribution in [2.75, 3.05) is 6.61 Å². The summed E-state index contributed by atoms with van der Waals surface area (Å²) in [6, 6.07) is 9.38. The Bertz CT molecular complexity index is 404. The van der Waals surface area contributed by atoms with Crippen LogP contribution in [0.15, 0.2) is 30.3 Å². The van der Waals surface area contributed by atoms with Crippen LogP contribution in [0.4, 0.5) is 0 Å². The van der Waals surface area contributed by atoms with Gasteiger partial charge in [0.2, 0.25) is 5.91 Å². The molecule has 0 aliphatic carbocycles. The lowest BCUT2D eigenvalue weighted by atomic mass is 10.1. The van der Waals surface area contributed by atoms with Gasteiger partial charge >= 0.3 is 0 Å². The van der Waals surface area contributed by atoms with Crippen LogP contribution in [-0.4, -0.2) is 18.1 Å². The first-order valence-electron chi connectivity index (χ1n) is 5.50. The summed E-state index contributed by atoms with van der Waals surface area (Å²) < 4.78 is 5.41. The third kappa shape index (κ3) is 5.07. The van der Waals surface area contributed by atoms with Crippen LogP contribution in [0.25, 0.3) is 0 Å². The SMILES string of the molecule is C#CC(C)(C)NC(=O)CCOc1ccccc1.